The lowest BCUT2D eigenvalue weighted by atomic mass is 10.1. The molecule has 0 aliphatic carbocycles. The minimum atomic E-state index is -0.656. The maximum absolute atomic E-state index is 13.2. The van der Waals surface area contributed by atoms with Crippen LogP contribution in [0.4, 0.5) is 26.7 Å². The summed E-state index contributed by atoms with van der Waals surface area (Å²) in [6, 6.07) is 12.1. The molecule has 2 heterocycles. The highest BCUT2D eigenvalue weighted by atomic mass is 16.6. The molecule has 12 nitrogen and oxygen atoms in total. The standard InChI is InChI=1S/C34H45N5O7/c1-33(2,3)45-31(43)38-20-8-10-26(38)28(40)35-23-14-12-22(13-15-23)30(42)37(7)25-18-16-24(17-19-25)36-29(41)27-11-9-21-39(27)32(44)46-34(4,5)6/h12-19,26-27H,8-11,20-21H2,1-7H3,(H,35,40)(H,36,41)/t26-,27-/m0/s1. The van der Waals surface area contributed by atoms with E-state index in [1.165, 1.54) is 14.7 Å². The number of benzene rings is 2. The third-order valence-corrected chi connectivity index (χ3v) is 7.59. The highest BCUT2D eigenvalue weighted by Crippen LogP contribution is 2.25. The maximum Gasteiger partial charge on any atom is 0.410 e. The average molecular weight is 636 g/mol. The molecule has 0 aromatic heterocycles. The molecule has 2 N–H and O–H groups in total. The van der Waals surface area contributed by atoms with Gasteiger partial charge in [0, 0.05) is 42.8 Å². The number of nitrogens with one attached hydrogen (secondary N) is 2. The highest BCUT2D eigenvalue weighted by Gasteiger charge is 2.38. The van der Waals surface area contributed by atoms with Crippen LogP contribution in [-0.2, 0) is 19.1 Å². The number of carbonyl (C=O) groups is 5. The van der Waals surface area contributed by atoms with Crippen molar-refractivity contribution in [2.45, 2.75) is 90.5 Å². The number of carbonyl (C=O) groups excluding carboxylic acids is 5. The summed E-state index contributed by atoms with van der Waals surface area (Å²) in [7, 11) is 1.65. The van der Waals surface area contributed by atoms with Gasteiger partial charge in [-0.15, -0.1) is 0 Å². The van der Waals surface area contributed by atoms with E-state index in [-0.39, 0.29) is 17.7 Å². The lowest BCUT2D eigenvalue weighted by Crippen LogP contribution is -2.45. The van der Waals surface area contributed by atoms with Gasteiger partial charge in [0.2, 0.25) is 11.8 Å². The van der Waals surface area contributed by atoms with Crippen LogP contribution in [0.15, 0.2) is 48.5 Å². The molecule has 5 amide bonds. The van der Waals surface area contributed by atoms with Gasteiger partial charge in [0.15, 0.2) is 0 Å². The average Bonchev–Trinajstić information content (AvgIpc) is 3.66. The minimum absolute atomic E-state index is 0.263. The SMILES string of the molecule is CN(C(=O)c1ccc(NC(=O)[C@@H]2CCCN2C(=O)OC(C)(C)C)cc1)c1ccc(NC(=O)[C@@H]2CCCN2C(=O)OC(C)(C)C)cc1. The number of ether oxygens (including phenoxy) is 2. The van der Waals surface area contributed by atoms with E-state index >= 15 is 0 Å². The van der Waals surface area contributed by atoms with Gasteiger partial charge >= 0.3 is 12.2 Å². The van der Waals surface area contributed by atoms with Gasteiger partial charge in [-0.25, -0.2) is 9.59 Å². The van der Waals surface area contributed by atoms with Gasteiger partial charge in [-0.05, 0) is 116 Å². The van der Waals surface area contributed by atoms with Crippen LogP contribution in [-0.4, -0.2) is 83.1 Å². The summed E-state index contributed by atoms with van der Waals surface area (Å²) in [5.74, 6) is -0.865. The molecule has 0 radical (unpaired) electrons. The quantitative estimate of drug-likeness (QED) is 0.419. The monoisotopic (exact) mass is 635 g/mol. The molecule has 0 saturated carbocycles. The molecule has 46 heavy (non-hydrogen) atoms. The summed E-state index contributed by atoms with van der Waals surface area (Å²) >= 11 is 0. The number of rotatable bonds is 6. The summed E-state index contributed by atoms with van der Waals surface area (Å²) in [6.45, 7) is 11.6. The maximum atomic E-state index is 13.2. The second kappa shape index (κ2) is 13.8. The predicted molar refractivity (Wildman–Crippen MR) is 175 cm³/mol. The van der Waals surface area contributed by atoms with E-state index in [2.05, 4.69) is 10.6 Å². The minimum Gasteiger partial charge on any atom is -0.444 e. The van der Waals surface area contributed by atoms with E-state index in [1.807, 2.05) is 0 Å². The number of likely N-dealkylation sites (tertiary alicyclic amines) is 2. The van der Waals surface area contributed by atoms with Crippen LogP contribution < -0.4 is 15.5 Å². The number of hydrogen-bond donors (Lipinski definition) is 2. The van der Waals surface area contributed by atoms with Crippen molar-refractivity contribution in [2.75, 3.05) is 35.7 Å². The topological polar surface area (TPSA) is 138 Å². The summed E-state index contributed by atoms with van der Waals surface area (Å²) < 4.78 is 10.9. The highest BCUT2D eigenvalue weighted by molar-refractivity contribution is 6.06. The van der Waals surface area contributed by atoms with Crippen LogP contribution in [0, 0.1) is 0 Å². The van der Waals surface area contributed by atoms with Gasteiger partial charge in [-0.2, -0.15) is 0 Å². The summed E-state index contributed by atoms with van der Waals surface area (Å²) in [6.07, 6.45) is 1.49. The van der Waals surface area contributed by atoms with Gasteiger partial charge in [0.25, 0.3) is 5.91 Å². The first-order valence-corrected chi connectivity index (χ1v) is 15.6. The zero-order chi connectivity index (χ0) is 33.8. The van der Waals surface area contributed by atoms with Crippen molar-refractivity contribution in [3.63, 3.8) is 0 Å². The molecular weight excluding hydrogens is 590 g/mol. The van der Waals surface area contributed by atoms with Gasteiger partial charge in [0.05, 0.1) is 0 Å². The van der Waals surface area contributed by atoms with E-state index in [1.54, 1.807) is 97.1 Å². The molecule has 2 fully saturated rings. The van der Waals surface area contributed by atoms with Crippen molar-refractivity contribution in [2.24, 2.45) is 0 Å². The Morgan fingerprint density at radius 3 is 1.46 bits per heavy atom. The number of anilines is 3. The van der Waals surface area contributed by atoms with E-state index in [4.69, 9.17) is 9.47 Å². The van der Waals surface area contributed by atoms with E-state index in [0.29, 0.717) is 61.4 Å². The molecule has 0 bridgehead atoms. The molecule has 2 atom stereocenters. The van der Waals surface area contributed by atoms with E-state index < -0.39 is 35.5 Å². The van der Waals surface area contributed by atoms with Crippen LogP contribution in [0.5, 0.6) is 0 Å². The summed E-state index contributed by atoms with van der Waals surface area (Å²) in [5, 5.41) is 5.71. The third kappa shape index (κ3) is 8.76. The molecule has 2 saturated heterocycles. The smallest absolute Gasteiger partial charge is 0.410 e. The van der Waals surface area contributed by atoms with Gasteiger partial charge < -0.3 is 25.0 Å². The lowest BCUT2D eigenvalue weighted by molar-refractivity contribution is -0.121. The van der Waals surface area contributed by atoms with Crippen LogP contribution in [0.25, 0.3) is 0 Å². The molecule has 2 aromatic carbocycles. The lowest BCUT2D eigenvalue weighted by Gasteiger charge is -2.28. The molecule has 0 unspecified atom stereocenters. The summed E-state index contributed by atoms with van der Waals surface area (Å²) in [5.41, 5.74) is 0.764. The van der Waals surface area contributed by atoms with Crippen LogP contribution >= 0.6 is 0 Å². The second-order valence-electron chi connectivity index (χ2n) is 13.6. The molecule has 0 spiro atoms. The Balaban J connectivity index is 1.32. The van der Waals surface area contributed by atoms with Gasteiger partial charge in [0.1, 0.15) is 23.3 Å². The number of amides is 5. The molecular formula is C34H45N5O7. The number of hydrogen-bond acceptors (Lipinski definition) is 7. The Bertz CT molecular complexity index is 1440. The molecule has 4 rings (SSSR count). The van der Waals surface area contributed by atoms with Crippen molar-refractivity contribution < 1.29 is 33.4 Å². The first-order valence-electron chi connectivity index (χ1n) is 15.6. The van der Waals surface area contributed by atoms with Crippen molar-refractivity contribution in [1.82, 2.24) is 9.80 Å². The Morgan fingerprint density at radius 2 is 1.07 bits per heavy atom. The normalized spacial score (nSPS) is 18.2. The molecule has 248 valence electrons. The Kier molecular flexibility index (Phi) is 10.3. The molecule has 2 aliphatic rings. The molecule has 2 aromatic rings. The van der Waals surface area contributed by atoms with Crippen molar-refractivity contribution >= 4 is 47.0 Å². The summed E-state index contributed by atoms with van der Waals surface area (Å²) in [4.78, 5) is 68.7. The third-order valence-electron chi connectivity index (χ3n) is 7.59. The van der Waals surface area contributed by atoms with Crippen molar-refractivity contribution in [1.29, 1.82) is 0 Å². The zero-order valence-corrected chi connectivity index (χ0v) is 27.7. The van der Waals surface area contributed by atoms with Gasteiger partial charge in [-0.1, -0.05) is 0 Å². The largest absolute Gasteiger partial charge is 0.444 e. The first kappa shape index (κ1) is 34.3. The fraction of sp³-hybridized carbons (Fsp3) is 0.500. The predicted octanol–water partition coefficient (Wildman–Crippen LogP) is 5.64. The van der Waals surface area contributed by atoms with Crippen LogP contribution in [0.3, 0.4) is 0 Å². The van der Waals surface area contributed by atoms with Crippen molar-refractivity contribution in [3.8, 4) is 0 Å². The first-order chi connectivity index (χ1) is 21.5. The van der Waals surface area contributed by atoms with Crippen LogP contribution in [0.1, 0.15) is 77.6 Å². The Morgan fingerprint density at radius 1 is 0.674 bits per heavy atom. The van der Waals surface area contributed by atoms with Crippen LogP contribution in [0.2, 0.25) is 0 Å². The van der Waals surface area contributed by atoms with E-state index in [0.717, 1.165) is 0 Å². The van der Waals surface area contributed by atoms with Crippen molar-refractivity contribution in [3.05, 3.63) is 54.1 Å². The zero-order valence-electron chi connectivity index (χ0n) is 27.7. The molecule has 2 aliphatic heterocycles. The van der Waals surface area contributed by atoms with E-state index in [9.17, 15) is 24.0 Å². The Labute approximate surface area is 270 Å². The fourth-order valence-electron chi connectivity index (χ4n) is 5.38. The Hall–Kier alpha value is -4.61. The second-order valence-corrected chi connectivity index (χ2v) is 13.6. The number of nitrogens with zero attached hydrogens (tertiary/aromatic N) is 3. The van der Waals surface area contributed by atoms with Gasteiger partial charge in [-0.3, -0.25) is 24.2 Å². The molecule has 12 heteroatoms. The fourth-order valence-corrected chi connectivity index (χ4v) is 5.38.